The molecule has 3 N–H and O–H groups in total. The van der Waals surface area contributed by atoms with Crippen molar-refractivity contribution in [1.82, 2.24) is 15.4 Å². The Hall–Kier alpha value is -2.01. The van der Waals surface area contributed by atoms with Crippen LogP contribution in [0.2, 0.25) is 0 Å². The predicted octanol–water partition coefficient (Wildman–Crippen LogP) is 1.95. The molecule has 1 fully saturated rings. The number of rotatable bonds is 1. The standard InChI is InChI=1S/C17H20N4O/c1-15(2)16(3)8-9-17(15,14(22)21-18)13-12(16)19-10-6-4-5-7-11(10)20-13/h4-7H,8-9,18H2,1-3H3,(H,21,22). The first-order valence-corrected chi connectivity index (χ1v) is 7.67. The fraction of sp³-hybridized carbons (Fsp3) is 0.471. The molecule has 4 rings (SSSR count). The fourth-order valence-corrected chi connectivity index (χ4v) is 4.67. The first-order valence-electron chi connectivity index (χ1n) is 7.67. The molecule has 22 heavy (non-hydrogen) atoms. The molecule has 2 aromatic rings. The van der Waals surface area contributed by atoms with Crippen LogP contribution in [0.15, 0.2) is 24.3 Å². The van der Waals surface area contributed by atoms with E-state index in [1.807, 2.05) is 24.3 Å². The number of para-hydroxylation sites is 2. The SMILES string of the molecule is CC12CCC(C(=O)NN)(c3nc4ccccc4nc31)C2(C)C. The van der Waals surface area contributed by atoms with Crippen molar-refractivity contribution in [2.75, 3.05) is 0 Å². The number of amides is 1. The largest absolute Gasteiger partial charge is 0.293 e. The topological polar surface area (TPSA) is 80.9 Å². The Labute approximate surface area is 129 Å². The Kier molecular flexibility index (Phi) is 2.38. The van der Waals surface area contributed by atoms with Gasteiger partial charge in [0.05, 0.1) is 22.4 Å². The number of benzene rings is 1. The van der Waals surface area contributed by atoms with E-state index in [0.717, 1.165) is 35.3 Å². The van der Waals surface area contributed by atoms with Crippen LogP contribution in [0.1, 0.15) is 45.0 Å². The molecule has 0 spiro atoms. The van der Waals surface area contributed by atoms with E-state index in [1.54, 1.807) is 0 Å². The average Bonchev–Trinajstić information content (AvgIpc) is 2.81. The number of hydrogen-bond donors (Lipinski definition) is 2. The molecule has 5 heteroatoms. The van der Waals surface area contributed by atoms with Crippen molar-refractivity contribution in [1.29, 1.82) is 0 Å². The van der Waals surface area contributed by atoms with Crippen LogP contribution < -0.4 is 11.3 Å². The lowest BCUT2D eigenvalue weighted by Gasteiger charge is -2.39. The predicted molar refractivity (Wildman–Crippen MR) is 83.9 cm³/mol. The number of fused-ring (bicyclic) bond motifs is 6. The molecule has 1 saturated carbocycles. The summed E-state index contributed by atoms with van der Waals surface area (Å²) in [4.78, 5) is 22.5. The third-order valence-corrected chi connectivity index (χ3v) is 6.46. The number of carbonyl (C=O) groups excluding carboxylic acids is 1. The lowest BCUT2D eigenvalue weighted by Crippen LogP contribution is -2.53. The van der Waals surface area contributed by atoms with Gasteiger partial charge in [0, 0.05) is 5.41 Å². The quantitative estimate of drug-likeness (QED) is 0.479. The van der Waals surface area contributed by atoms with Gasteiger partial charge in [0.15, 0.2) is 0 Å². The molecular weight excluding hydrogens is 276 g/mol. The summed E-state index contributed by atoms with van der Waals surface area (Å²) in [7, 11) is 0. The van der Waals surface area contributed by atoms with Crippen LogP contribution in [0.5, 0.6) is 0 Å². The molecule has 1 aromatic carbocycles. The van der Waals surface area contributed by atoms with Gasteiger partial charge < -0.3 is 0 Å². The highest BCUT2D eigenvalue weighted by Crippen LogP contribution is 2.70. The number of hydrogen-bond acceptors (Lipinski definition) is 4. The van der Waals surface area contributed by atoms with Crippen molar-refractivity contribution in [2.45, 2.75) is 44.4 Å². The van der Waals surface area contributed by atoms with Gasteiger partial charge in [0.1, 0.15) is 5.41 Å². The van der Waals surface area contributed by atoms with Crippen LogP contribution in [0.4, 0.5) is 0 Å². The zero-order valence-corrected chi connectivity index (χ0v) is 13.1. The third kappa shape index (κ3) is 1.19. The smallest absolute Gasteiger partial charge is 0.246 e. The maximum Gasteiger partial charge on any atom is 0.246 e. The Morgan fingerprint density at radius 2 is 1.68 bits per heavy atom. The van der Waals surface area contributed by atoms with E-state index in [1.165, 1.54) is 0 Å². The van der Waals surface area contributed by atoms with E-state index in [2.05, 4.69) is 26.2 Å². The number of nitrogens with two attached hydrogens (primary N) is 1. The van der Waals surface area contributed by atoms with Crippen LogP contribution in [0, 0.1) is 5.41 Å². The van der Waals surface area contributed by atoms with Crippen LogP contribution in [-0.4, -0.2) is 15.9 Å². The summed E-state index contributed by atoms with van der Waals surface area (Å²) in [5, 5.41) is 0. The van der Waals surface area contributed by atoms with Crippen LogP contribution in [0.25, 0.3) is 11.0 Å². The Bertz CT molecular complexity index is 815. The average molecular weight is 296 g/mol. The van der Waals surface area contributed by atoms with Gasteiger partial charge in [-0.1, -0.05) is 32.9 Å². The molecule has 0 saturated heterocycles. The summed E-state index contributed by atoms with van der Waals surface area (Å²) in [6, 6.07) is 7.82. The van der Waals surface area contributed by atoms with Gasteiger partial charge in [-0.15, -0.1) is 0 Å². The molecule has 2 aliphatic carbocycles. The van der Waals surface area contributed by atoms with E-state index in [4.69, 9.17) is 15.8 Å². The van der Waals surface area contributed by atoms with E-state index in [0.29, 0.717) is 0 Å². The Morgan fingerprint density at radius 1 is 1.09 bits per heavy atom. The minimum atomic E-state index is -0.692. The first kappa shape index (κ1) is 13.6. The molecule has 0 radical (unpaired) electrons. The Balaban J connectivity index is 2.12. The van der Waals surface area contributed by atoms with Gasteiger partial charge in [0.2, 0.25) is 5.91 Å². The molecule has 2 bridgehead atoms. The highest BCUT2D eigenvalue weighted by atomic mass is 16.2. The monoisotopic (exact) mass is 296 g/mol. The zero-order chi connectivity index (χ0) is 15.8. The normalized spacial score (nSPS) is 31.3. The second-order valence-corrected chi connectivity index (χ2v) is 7.25. The van der Waals surface area contributed by atoms with E-state index >= 15 is 0 Å². The van der Waals surface area contributed by atoms with Crippen molar-refractivity contribution in [3.63, 3.8) is 0 Å². The number of nitrogens with one attached hydrogen (secondary N) is 1. The number of carbonyl (C=O) groups is 1. The summed E-state index contributed by atoms with van der Waals surface area (Å²) < 4.78 is 0. The van der Waals surface area contributed by atoms with Crippen LogP contribution in [-0.2, 0) is 15.6 Å². The molecule has 1 heterocycles. The molecule has 0 aliphatic heterocycles. The molecule has 1 aromatic heterocycles. The van der Waals surface area contributed by atoms with Gasteiger partial charge in [-0.05, 0) is 30.4 Å². The summed E-state index contributed by atoms with van der Waals surface area (Å²) in [5.74, 6) is 5.37. The van der Waals surface area contributed by atoms with E-state index in [-0.39, 0.29) is 16.7 Å². The Morgan fingerprint density at radius 3 is 2.27 bits per heavy atom. The number of aromatic nitrogens is 2. The van der Waals surface area contributed by atoms with Gasteiger partial charge in [0.25, 0.3) is 0 Å². The number of hydrazine groups is 1. The van der Waals surface area contributed by atoms with Gasteiger partial charge in [-0.25, -0.2) is 15.8 Å². The number of nitrogens with zero attached hydrogens (tertiary/aromatic N) is 2. The van der Waals surface area contributed by atoms with E-state index in [9.17, 15) is 4.79 Å². The molecule has 5 nitrogen and oxygen atoms in total. The minimum Gasteiger partial charge on any atom is -0.293 e. The summed E-state index contributed by atoms with van der Waals surface area (Å²) in [6.07, 6.45) is 1.69. The van der Waals surface area contributed by atoms with Gasteiger partial charge >= 0.3 is 0 Å². The summed E-state index contributed by atoms with van der Waals surface area (Å²) in [6.45, 7) is 6.49. The summed E-state index contributed by atoms with van der Waals surface area (Å²) >= 11 is 0. The molecule has 2 unspecified atom stereocenters. The van der Waals surface area contributed by atoms with Crippen molar-refractivity contribution >= 4 is 16.9 Å². The van der Waals surface area contributed by atoms with E-state index < -0.39 is 5.41 Å². The van der Waals surface area contributed by atoms with Crippen molar-refractivity contribution < 1.29 is 4.79 Å². The zero-order valence-electron chi connectivity index (χ0n) is 13.1. The maximum atomic E-state index is 12.7. The third-order valence-electron chi connectivity index (χ3n) is 6.46. The molecule has 2 atom stereocenters. The van der Waals surface area contributed by atoms with Crippen molar-refractivity contribution in [3.05, 3.63) is 35.7 Å². The minimum absolute atomic E-state index is 0.149. The molecule has 114 valence electrons. The van der Waals surface area contributed by atoms with Gasteiger partial charge in [-0.3, -0.25) is 10.2 Å². The highest BCUT2D eigenvalue weighted by molar-refractivity contribution is 5.92. The van der Waals surface area contributed by atoms with Crippen molar-refractivity contribution in [3.8, 4) is 0 Å². The molecule has 2 aliphatic rings. The molecule has 1 amide bonds. The lowest BCUT2D eigenvalue weighted by atomic mass is 9.63. The fourth-order valence-electron chi connectivity index (χ4n) is 4.67. The first-order chi connectivity index (χ1) is 10.4. The van der Waals surface area contributed by atoms with Crippen LogP contribution >= 0.6 is 0 Å². The van der Waals surface area contributed by atoms with Crippen molar-refractivity contribution in [2.24, 2.45) is 11.3 Å². The summed E-state index contributed by atoms with van der Waals surface area (Å²) in [5.41, 5.74) is 4.74. The molecular formula is C17H20N4O. The maximum absolute atomic E-state index is 12.7. The second kappa shape index (κ2) is 3.84. The lowest BCUT2D eigenvalue weighted by molar-refractivity contribution is -0.130. The highest BCUT2D eigenvalue weighted by Gasteiger charge is 2.73. The van der Waals surface area contributed by atoms with Gasteiger partial charge in [-0.2, -0.15) is 0 Å². The second-order valence-electron chi connectivity index (χ2n) is 7.25. The van der Waals surface area contributed by atoms with Crippen LogP contribution in [0.3, 0.4) is 0 Å².